The fourth-order valence-corrected chi connectivity index (χ4v) is 7.35. The van der Waals surface area contributed by atoms with Crippen LogP contribution in [-0.4, -0.2) is 95.4 Å². The Bertz CT molecular complexity index is 1110. The Kier molecular flexibility index (Phi) is 41.2. The summed E-state index contributed by atoms with van der Waals surface area (Å²) in [7, 11) is 0. The zero-order chi connectivity index (χ0) is 42.3. The van der Waals surface area contributed by atoms with E-state index in [1.807, 2.05) is 12.1 Å². The molecule has 4 atom stereocenters. The molecule has 0 aromatic heterocycles. The molecule has 2 N–H and O–H groups in total. The van der Waals surface area contributed by atoms with Crippen molar-refractivity contribution in [1.29, 1.82) is 0 Å². The largest absolute Gasteiger partial charge is 2.00 e. The van der Waals surface area contributed by atoms with Crippen molar-refractivity contribution in [2.75, 3.05) is 0 Å². The molecule has 0 bridgehead atoms. The summed E-state index contributed by atoms with van der Waals surface area (Å²) in [4.78, 5) is 20.7. The van der Waals surface area contributed by atoms with E-state index in [0.29, 0.717) is 51.1 Å². The number of hydrogen-bond donors (Lipinski definition) is 2. The second kappa shape index (κ2) is 42.1. The standard InChI is InChI=1S/2C25H42O4.Ba/c2*1-2-14-24(29-21-22-15-8-7-9-16-22)19-11-6-4-3-5-10-17-23(26)18-12-13-20-25(27)28;/h2*7-9,15-16,23-24,26H,2-6,10-14,17-21H2,1H3,(H,27,28);/q;;+2/p-2. The summed E-state index contributed by atoms with van der Waals surface area (Å²) in [5.41, 5.74) is 2.49. The number of aliphatic hydroxyl groups excluding tert-OH is 2. The maximum Gasteiger partial charge on any atom is 2.00 e. The van der Waals surface area contributed by atoms with Gasteiger partial charge >= 0.3 is 48.9 Å². The van der Waals surface area contributed by atoms with Crippen molar-refractivity contribution in [1.82, 2.24) is 0 Å². The van der Waals surface area contributed by atoms with Crippen molar-refractivity contribution in [3.63, 3.8) is 0 Å². The van der Waals surface area contributed by atoms with E-state index in [0.717, 1.165) is 77.0 Å². The Labute approximate surface area is 400 Å². The molecule has 0 saturated heterocycles. The van der Waals surface area contributed by atoms with Crippen LogP contribution in [0.4, 0.5) is 0 Å². The fourth-order valence-electron chi connectivity index (χ4n) is 7.35. The minimum Gasteiger partial charge on any atom is -0.550 e. The van der Waals surface area contributed by atoms with Gasteiger partial charge in [-0.3, -0.25) is 0 Å². The Morgan fingerprint density at radius 3 is 1.05 bits per heavy atom. The molecule has 59 heavy (non-hydrogen) atoms. The van der Waals surface area contributed by atoms with Crippen LogP contribution in [0.5, 0.6) is 0 Å². The summed E-state index contributed by atoms with van der Waals surface area (Å²) < 4.78 is 12.3. The number of carboxylic acids is 2. The minimum absolute atomic E-state index is 0. The third kappa shape index (κ3) is 38.2. The van der Waals surface area contributed by atoms with Gasteiger partial charge in [-0.05, 0) is 88.2 Å². The second-order valence-corrected chi connectivity index (χ2v) is 16.4. The van der Waals surface area contributed by atoms with Crippen LogP contribution in [0.1, 0.15) is 205 Å². The van der Waals surface area contributed by atoms with Crippen LogP contribution < -0.4 is 10.2 Å². The van der Waals surface area contributed by atoms with Gasteiger partial charge in [-0.25, -0.2) is 0 Å². The molecule has 2 aromatic carbocycles. The summed E-state index contributed by atoms with van der Waals surface area (Å²) in [6, 6.07) is 20.8. The van der Waals surface area contributed by atoms with E-state index in [9.17, 15) is 30.0 Å². The van der Waals surface area contributed by atoms with Crippen LogP contribution in [0.3, 0.4) is 0 Å². The van der Waals surface area contributed by atoms with E-state index >= 15 is 0 Å². The van der Waals surface area contributed by atoms with E-state index in [1.165, 1.54) is 75.3 Å². The Morgan fingerprint density at radius 2 is 0.746 bits per heavy atom. The number of rotatable bonds is 38. The minimum atomic E-state index is -0.997. The van der Waals surface area contributed by atoms with Crippen LogP contribution in [0.2, 0.25) is 0 Å². The maximum absolute atomic E-state index is 10.3. The maximum atomic E-state index is 10.3. The second-order valence-electron chi connectivity index (χ2n) is 16.4. The molecule has 0 aliphatic heterocycles. The number of benzene rings is 2. The van der Waals surface area contributed by atoms with Crippen LogP contribution in [-0.2, 0) is 32.3 Å². The number of aliphatic carboxylic acids is 2. The average molecular weight is 949 g/mol. The van der Waals surface area contributed by atoms with Crippen molar-refractivity contribution >= 4 is 60.8 Å². The van der Waals surface area contributed by atoms with Gasteiger partial charge < -0.3 is 39.5 Å². The summed E-state index contributed by atoms with van der Waals surface area (Å²) in [5, 5.41) is 40.5. The number of carbonyl (C=O) groups is 2. The molecule has 9 heteroatoms. The van der Waals surface area contributed by atoms with E-state index in [4.69, 9.17) is 9.47 Å². The summed E-state index contributed by atoms with van der Waals surface area (Å²) in [6.45, 7) is 5.86. The summed E-state index contributed by atoms with van der Waals surface area (Å²) in [5.74, 6) is -1.99. The smallest absolute Gasteiger partial charge is 0.550 e. The zero-order valence-corrected chi connectivity index (χ0v) is 41.8. The van der Waals surface area contributed by atoms with Crippen molar-refractivity contribution in [2.45, 2.75) is 231 Å². The monoisotopic (exact) mass is 949 g/mol. The first-order valence-electron chi connectivity index (χ1n) is 23.3. The van der Waals surface area contributed by atoms with Gasteiger partial charge in [-0.2, -0.15) is 0 Å². The first kappa shape index (κ1) is 57.8. The molecule has 0 fully saturated rings. The van der Waals surface area contributed by atoms with Gasteiger partial charge in [0, 0.05) is 11.9 Å². The molecule has 0 aliphatic carbocycles. The Balaban J connectivity index is 0.00000112. The zero-order valence-electron chi connectivity index (χ0n) is 37.3. The van der Waals surface area contributed by atoms with Crippen LogP contribution in [0.25, 0.3) is 0 Å². The van der Waals surface area contributed by atoms with Crippen LogP contribution >= 0.6 is 0 Å². The molecule has 0 saturated carbocycles. The molecular weight excluding hydrogens is 866 g/mol. The Hall–Kier alpha value is -1.21. The SMILES string of the molecule is CCCC(CCCCCCCCC(O)CCCCC(=O)[O-])OCc1ccccc1.CCCC(CCCCCCCCC(O)CCCCC(=O)[O-])OCc1ccccc1.[Ba+2]. The van der Waals surface area contributed by atoms with Gasteiger partial charge in [0.25, 0.3) is 0 Å². The quantitative estimate of drug-likeness (QED) is 0.0501. The molecule has 0 aliphatic rings. The summed E-state index contributed by atoms with van der Waals surface area (Å²) in [6.07, 6.45) is 27.4. The average Bonchev–Trinajstić information content (AvgIpc) is 3.22. The molecule has 0 amide bonds. The van der Waals surface area contributed by atoms with Gasteiger partial charge in [-0.1, -0.05) is 177 Å². The van der Waals surface area contributed by atoms with Crippen molar-refractivity contribution in [3.05, 3.63) is 71.8 Å². The number of unbranched alkanes of at least 4 members (excludes halogenated alkanes) is 12. The molecule has 0 spiro atoms. The summed E-state index contributed by atoms with van der Waals surface area (Å²) >= 11 is 0. The van der Waals surface area contributed by atoms with Gasteiger partial charge in [0.1, 0.15) is 0 Å². The van der Waals surface area contributed by atoms with E-state index in [-0.39, 0.29) is 73.9 Å². The molecular formula is C50H82BaO8. The third-order valence-corrected chi connectivity index (χ3v) is 10.8. The Morgan fingerprint density at radius 1 is 0.458 bits per heavy atom. The topological polar surface area (TPSA) is 139 Å². The molecule has 2 aromatic rings. The van der Waals surface area contributed by atoms with Gasteiger partial charge in [0.2, 0.25) is 0 Å². The fraction of sp³-hybridized carbons (Fsp3) is 0.720. The molecule has 4 unspecified atom stereocenters. The van der Waals surface area contributed by atoms with E-state index < -0.39 is 11.9 Å². The van der Waals surface area contributed by atoms with Crippen molar-refractivity contribution < 1.29 is 39.5 Å². The first-order valence-corrected chi connectivity index (χ1v) is 23.3. The van der Waals surface area contributed by atoms with Crippen LogP contribution in [0, 0.1) is 0 Å². The molecule has 2 rings (SSSR count). The molecule has 0 radical (unpaired) electrons. The van der Waals surface area contributed by atoms with Crippen LogP contribution in [0.15, 0.2) is 60.7 Å². The normalized spacial score (nSPS) is 13.1. The number of hydrogen-bond acceptors (Lipinski definition) is 8. The molecule has 332 valence electrons. The van der Waals surface area contributed by atoms with Gasteiger partial charge in [0.15, 0.2) is 0 Å². The predicted molar refractivity (Wildman–Crippen MR) is 238 cm³/mol. The third-order valence-electron chi connectivity index (χ3n) is 10.8. The van der Waals surface area contributed by atoms with Gasteiger partial charge in [-0.15, -0.1) is 0 Å². The van der Waals surface area contributed by atoms with Crippen molar-refractivity contribution in [3.8, 4) is 0 Å². The van der Waals surface area contributed by atoms with Crippen molar-refractivity contribution in [2.24, 2.45) is 0 Å². The van der Waals surface area contributed by atoms with E-state index in [1.54, 1.807) is 0 Å². The molecule has 0 heterocycles. The number of carbonyl (C=O) groups excluding carboxylic acids is 2. The number of carboxylic acid groups (broad SMARTS) is 2. The van der Waals surface area contributed by atoms with E-state index in [2.05, 4.69) is 62.4 Å². The molecule has 8 nitrogen and oxygen atoms in total. The first-order chi connectivity index (χ1) is 28.2. The van der Waals surface area contributed by atoms with Gasteiger partial charge in [0.05, 0.1) is 37.6 Å². The number of ether oxygens (including phenoxy) is 2. The predicted octanol–water partition coefficient (Wildman–Crippen LogP) is 9.95. The number of aliphatic hydroxyl groups is 2.